The number of aliphatic hydroxyl groups is 1. The summed E-state index contributed by atoms with van der Waals surface area (Å²) in [4.78, 5) is 11.8. The summed E-state index contributed by atoms with van der Waals surface area (Å²) in [6.07, 6.45) is 0. The minimum absolute atomic E-state index is 0.0581. The summed E-state index contributed by atoms with van der Waals surface area (Å²) < 4.78 is 17.5. The van der Waals surface area contributed by atoms with Crippen molar-refractivity contribution in [3.8, 4) is 0 Å². The van der Waals surface area contributed by atoms with Crippen LogP contribution >= 0.6 is 11.8 Å². The highest BCUT2D eigenvalue weighted by atomic mass is 32.2. The zero-order chi connectivity index (χ0) is 13.1. The summed E-state index contributed by atoms with van der Waals surface area (Å²) in [5.74, 6) is -1.12. The van der Waals surface area contributed by atoms with E-state index in [0.717, 1.165) is 11.8 Å². The third-order valence-corrected chi connectivity index (χ3v) is 3.31. The van der Waals surface area contributed by atoms with E-state index in [1.807, 2.05) is 0 Å². The molecule has 1 unspecified atom stereocenters. The zero-order valence-electron chi connectivity index (χ0n) is 9.57. The SMILES string of the molecule is COC(=O)C(C)(O)CSc1cc(N)cc(F)c1. The Morgan fingerprint density at radius 1 is 1.59 bits per heavy atom. The highest BCUT2D eigenvalue weighted by Crippen LogP contribution is 2.26. The normalized spacial score (nSPS) is 14.1. The Hall–Kier alpha value is -1.27. The van der Waals surface area contributed by atoms with Crippen LogP contribution in [0.3, 0.4) is 0 Å². The maximum atomic E-state index is 13.0. The molecule has 0 saturated carbocycles. The van der Waals surface area contributed by atoms with Crippen molar-refractivity contribution in [2.24, 2.45) is 0 Å². The molecule has 0 aliphatic carbocycles. The number of halogens is 1. The van der Waals surface area contributed by atoms with Gasteiger partial charge in [-0.25, -0.2) is 9.18 Å². The van der Waals surface area contributed by atoms with Crippen molar-refractivity contribution in [3.63, 3.8) is 0 Å². The Kier molecular flexibility index (Phi) is 4.36. The summed E-state index contributed by atoms with van der Waals surface area (Å²) in [6, 6.07) is 4.05. The number of hydrogen-bond donors (Lipinski definition) is 2. The monoisotopic (exact) mass is 259 g/mol. The van der Waals surface area contributed by atoms with Gasteiger partial charge >= 0.3 is 5.97 Å². The van der Waals surface area contributed by atoms with Gasteiger partial charge in [0.2, 0.25) is 0 Å². The van der Waals surface area contributed by atoms with E-state index >= 15 is 0 Å². The first-order valence-corrected chi connectivity index (χ1v) is 5.83. The van der Waals surface area contributed by atoms with Crippen molar-refractivity contribution in [2.75, 3.05) is 18.6 Å². The lowest BCUT2D eigenvalue weighted by Crippen LogP contribution is -2.38. The molecule has 1 rings (SSSR count). The number of esters is 1. The summed E-state index contributed by atoms with van der Waals surface area (Å²) >= 11 is 1.13. The van der Waals surface area contributed by atoms with E-state index in [2.05, 4.69) is 4.74 Å². The minimum Gasteiger partial charge on any atom is -0.467 e. The van der Waals surface area contributed by atoms with Gasteiger partial charge in [-0.3, -0.25) is 0 Å². The number of nitrogen functional groups attached to an aromatic ring is 1. The number of rotatable bonds is 4. The summed E-state index contributed by atoms with van der Waals surface area (Å²) in [5.41, 5.74) is 4.16. The van der Waals surface area contributed by atoms with Crippen LogP contribution in [0.4, 0.5) is 10.1 Å². The van der Waals surface area contributed by atoms with Gasteiger partial charge in [0.05, 0.1) is 7.11 Å². The van der Waals surface area contributed by atoms with Crippen LogP contribution in [0.2, 0.25) is 0 Å². The number of hydrogen-bond acceptors (Lipinski definition) is 5. The number of methoxy groups -OCH3 is 1. The predicted octanol–water partition coefficient (Wildman–Crippen LogP) is 1.42. The second-order valence-corrected chi connectivity index (χ2v) is 4.82. The Morgan fingerprint density at radius 2 is 2.24 bits per heavy atom. The topological polar surface area (TPSA) is 72.5 Å². The number of thioether (sulfide) groups is 1. The van der Waals surface area contributed by atoms with E-state index in [1.165, 1.54) is 26.2 Å². The molecule has 0 fully saturated rings. The first-order chi connectivity index (χ1) is 7.85. The Bertz CT molecular complexity index is 403. The molecular formula is C11H14FNO3S. The van der Waals surface area contributed by atoms with Crippen molar-refractivity contribution >= 4 is 23.4 Å². The zero-order valence-corrected chi connectivity index (χ0v) is 10.4. The average molecular weight is 259 g/mol. The third kappa shape index (κ3) is 3.90. The lowest BCUT2D eigenvalue weighted by atomic mass is 10.1. The van der Waals surface area contributed by atoms with Gasteiger partial charge in [0, 0.05) is 16.3 Å². The van der Waals surface area contributed by atoms with Gasteiger partial charge in [-0.2, -0.15) is 0 Å². The molecule has 94 valence electrons. The number of ether oxygens (including phenoxy) is 1. The van der Waals surface area contributed by atoms with Crippen LogP contribution in [0, 0.1) is 5.82 Å². The molecule has 0 radical (unpaired) electrons. The molecule has 0 heterocycles. The average Bonchev–Trinajstić information content (AvgIpc) is 2.24. The van der Waals surface area contributed by atoms with Crippen molar-refractivity contribution in [3.05, 3.63) is 24.0 Å². The molecule has 0 aliphatic heterocycles. The lowest BCUT2D eigenvalue weighted by molar-refractivity contribution is -0.158. The molecule has 0 aromatic heterocycles. The van der Waals surface area contributed by atoms with Gasteiger partial charge < -0.3 is 15.6 Å². The van der Waals surface area contributed by atoms with Crippen molar-refractivity contribution in [2.45, 2.75) is 17.4 Å². The number of benzene rings is 1. The van der Waals surface area contributed by atoms with Crippen LogP contribution in [-0.2, 0) is 9.53 Å². The van der Waals surface area contributed by atoms with E-state index in [-0.39, 0.29) is 5.75 Å². The summed E-state index contributed by atoms with van der Waals surface area (Å²) in [7, 11) is 1.20. The van der Waals surface area contributed by atoms with Crippen LogP contribution in [-0.4, -0.2) is 29.5 Å². The Balaban J connectivity index is 2.70. The Morgan fingerprint density at radius 3 is 2.76 bits per heavy atom. The highest BCUT2D eigenvalue weighted by Gasteiger charge is 2.31. The van der Waals surface area contributed by atoms with Gasteiger partial charge in [-0.15, -0.1) is 11.8 Å². The first kappa shape index (κ1) is 13.8. The van der Waals surface area contributed by atoms with E-state index < -0.39 is 17.4 Å². The van der Waals surface area contributed by atoms with Gasteiger partial charge in [0.1, 0.15) is 5.82 Å². The standard InChI is InChI=1S/C11H14FNO3S/c1-11(15,10(14)16-2)6-17-9-4-7(12)3-8(13)5-9/h3-5,15H,6,13H2,1-2H3. The van der Waals surface area contributed by atoms with E-state index in [1.54, 1.807) is 6.07 Å². The summed E-state index contributed by atoms with van der Waals surface area (Å²) in [5, 5.41) is 9.76. The fourth-order valence-electron chi connectivity index (χ4n) is 1.17. The fourth-order valence-corrected chi connectivity index (χ4v) is 2.15. The second-order valence-electron chi connectivity index (χ2n) is 3.77. The van der Waals surface area contributed by atoms with E-state index in [4.69, 9.17) is 5.73 Å². The first-order valence-electron chi connectivity index (χ1n) is 4.85. The fraction of sp³-hybridized carbons (Fsp3) is 0.364. The molecule has 0 aliphatic rings. The van der Waals surface area contributed by atoms with Crippen molar-refractivity contribution in [1.29, 1.82) is 0 Å². The van der Waals surface area contributed by atoms with Gasteiger partial charge in [0.15, 0.2) is 5.60 Å². The molecule has 1 aromatic carbocycles. The lowest BCUT2D eigenvalue weighted by Gasteiger charge is -2.19. The number of carbonyl (C=O) groups is 1. The van der Waals surface area contributed by atoms with Crippen molar-refractivity contribution < 1.29 is 19.0 Å². The van der Waals surface area contributed by atoms with Gasteiger partial charge in [0.25, 0.3) is 0 Å². The van der Waals surface area contributed by atoms with Crippen LogP contribution in [0.15, 0.2) is 23.1 Å². The largest absolute Gasteiger partial charge is 0.467 e. The Labute approximate surface area is 103 Å². The van der Waals surface area contributed by atoms with Crippen LogP contribution in [0.5, 0.6) is 0 Å². The number of nitrogens with two attached hydrogens (primary N) is 1. The van der Waals surface area contributed by atoms with Gasteiger partial charge in [-0.1, -0.05) is 0 Å². The molecule has 1 atom stereocenters. The predicted molar refractivity (Wildman–Crippen MR) is 64.2 cm³/mol. The van der Waals surface area contributed by atoms with Crippen LogP contribution < -0.4 is 5.73 Å². The molecule has 6 heteroatoms. The van der Waals surface area contributed by atoms with E-state index in [9.17, 15) is 14.3 Å². The van der Waals surface area contributed by atoms with Crippen LogP contribution in [0.25, 0.3) is 0 Å². The van der Waals surface area contributed by atoms with Gasteiger partial charge in [-0.05, 0) is 25.1 Å². The maximum absolute atomic E-state index is 13.0. The van der Waals surface area contributed by atoms with Crippen molar-refractivity contribution in [1.82, 2.24) is 0 Å². The van der Waals surface area contributed by atoms with E-state index in [0.29, 0.717) is 10.6 Å². The molecule has 0 spiro atoms. The molecule has 0 saturated heterocycles. The smallest absolute Gasteiger partial charge is 0.338 e. The second kappa shape index (κ2) is 5.37. The molecule has 0 amide bonds. The highest BCUT2D eigenvalue weighted by molar-refractivity contribution is 7.99. The third-order valence-electron chi connectivity index (χ3n) is 2.04. The molecule has 17 heavy (non-hydrogen) atoms. The van der Waals surface area contributed by atoms with Crippen LogP contribution in [0.1, 0.15) is 6.92 Å². The number of carbonyl (C=O) groups excluding carboxylic acids is 1. The molecular weight excluding hydrogens is 245 g/mol. The minimum atomic E-state index is -1.61. The maximum Gasteiger partial charge on any atom is 0.338 e. The number of anilines is 1. The molecule has 3 N–H and O–H groups in total. The summed E-state index contributed by atoms with van der Waals surface area (Å²) in [6.45, 7) is 1.34. The quantitative estimate of drug-likeness (QED) is 0.486. The molecule has 0 bridgehead atoms. The molecule has 4 nitrogen and oxygen atoms in total. The molecule has 1 aromatic rings.